The Bertz CT molecular complexity index is 271. The number of oxazole rings is 1. The van der Waals surface area contributed by atoms with Crippen LogP contribution in [0.5, 0.6) is 0 Å². The van der Waals surface area contributed by atoms with Crippen LogP contribution in [0, 0.1) is 18.3 Å². The number of nitrogens with zero attached hydrogens (tertiary/aromatic N) is 2. The summed E-state index contributed by atoms with van der Waals surface area (Å²) in [4.78, 5) is 3.89. The summed E-state index contributed by atoms with van der Waals surface area (Å²) in [5.74, 6) is 0.706. The molecule has 1 aromatic heterocycles. The Morgan fingerprint density at radius 2 is 2.50 bits per heavy atom. The Balaban J connectivity index is 3.12. The molecule has 0 saturated carbocycles. The molecule has 0 atom stereocenters. The van der Waals surface area contributed by atoms with Gasteiger partial charge in [-0.3, -0.25) is 0 Å². The van der Waals surface area contributed by atoms with Gasteiger partial charge < -0.3 is 10.2 Å². The second-order valence-corrected chi connectivity index (χ2v) is 1.82. The number of aryl methyl sites for hydroxylation is 1. The van der Waals surface area contributed by atoms with Crippen LogP contribution in [0.3, 0.4) is 0 Å². The number of hydrogen-bond donors (Lipinski definition) is 1. The molecule has 1 aromatic rings. The van der Waals surface area contributed by atoms with Crippen molar-refractivity contribution in [3.63, 3.8) is 0 Å². The van der Waals surface area contributed by atoms with Crippen LogP contribution < -0.4 is 5.73 Å². The van der Waals surface area contributed by atoms with Crippen molar-refractivity contribution in [3.05, 3.63) is 17.3 Å². The molecule has 1 rings (SSSR count). The van der Waals surface area contributed by atoms with E-state index in [9.17, 15) is 0 Å². The van der Waals surface area contributed by atoms with Crippen molar-refractivity contribution in [1.29, 1.82) is 5.26 Å². The van der Waals surface area contributed by atoms with E-state index >= 15 is 0 Å². The largest absolute Gasteiger partial charge is 0.430 e. The second-order valence-electron chi connectivity index (χ2n) is 1.82. The molecule has 1 heterocycles. The van der Waals surface area contributed by atoms with Gasteiger partial charge in [-0.15, -0.1) is 0 Å². The number of nitriles is 1. The van der Waals surface area contributed by atoms with Crippen molar-refractivity contribution in [1.82, 2.24) is 4.98 Å². The summed E-state index contributed by atoms with van der Waals surface area (Å²) in [6, 6.07) is 1.86. The van der Waals surface area contributed by atoms with Gasteiger partial charge in [0.2, 0.25) is 5.76 Å². The van der Waals surface area contributed by atoms with Gasteiger partial charge in [0.15, 0.2) is 5.89 Å². The second kappa shape index (κ2) is 2.50. The van der Waals surface area contributed by atoms with E-state index in [4.69, 9.17) is 15.4 Å². The van der Waals surface area contributed by atoms with Crippen LogP contribution in [0.15, 0.2) is 4.42 Å². The lowest BCUT2D eigenvalue weighted by Gasteiger charge is -1.82. The maximum absolute atomic E-state index is 8.42. The Kier molecular flexibility index (Phi) is 1.69. The van der Waals surface area contributed by atoms with Crippen molar-refractivity contribution in [3.8, 4) is 6.07 Å². The monoisotopic (exact) mass is 137 g/mol. The van der Waals surface area contributed by atoms with E-state index in [0.29, 0.717) is 11.6 Å². The minimum Gasteiger partial charge on any atom is -0.430 e. The quantitative estimate of drug-likeness (QED) is 0.604. The molecule has 0 spiro atoms. The first-order chi connectivity index (χ1) is 4.77. The highest BCUT2D eigenvalue weighted by Gasteiger charge is 2.06. The molecule has 52 valence electrons. The molecule has 0 radical (unpaired) electrons. The molecule has 4 nitrogen and oxygen atoms in total. The van der Waals surface area contributed by atoms with Crippen molar-refractivity contribution >= 4 is 0 Å². The van der Waals surface area contributed by atoms with Crippen LogP contribution in [0.1, 0.15) is 17.3 Å². The van der Waals surface area contributed by atoms with Gasteiger partial charge >= 0.3 is 0 Å². The summed E-state index contributed by atoms with van der Waals surface area (Å²) < 4.78 is 4.90. The van der Waals surface area contributed by atoms with Gasteiger partial charge in [-0.05, 0) is 0 Å². The molecule has 10 heavy (non-hydrogen) atoms. The number of nitrogens with two attached hydrogens (primary N) is 1. The molecule has 2 N–H and O–H groups in total. The Morgan fingerprint density at radius 3 is 2.90 bits per heavy atom. The minimum absolute atomic E-state index is 0.222. The Hall–Kier alpha value is -1.34. The summed E-state index contributed by atoms with van der Waals surface area (Å²) >= 11 is 0. The highest BCUT2D eigenvalue weighted by atomic mass is 16.4. The third-order valence-electron chi connectivity index (χ3n) is 1.10. The van der Waals surface area contributed by atoms with E-state index in [1.807, 2.05) is 6.07 Å². The molecular formula is C6H7N3O. The SMILES string of the molecule is Cc1nc(CN)c(C#N)o1. The first-order valence-corrected chi connectivity index (χ1v) is 2.84. The van der Waals surface area contributed by atoms with Gasteiger partial charge in [-0.2, -0.15) is 5.26 Å². The summed E-state index contributed by atoms with van der Waals surface area (Å²) in [5.41, 5.74) is 5.79. The summed E-state index contributed by atoms with van der Waals surface area (Å²) in [6.07, 6.45) is 0. The fourth-order valence-corrected chi connectivity index (χ4v) is 0.696. The molecule has 0 aromatic carbocycles. The van der Waals surface area contributed by atoms with E-state index in [-0.39, 0.29) is 12.3 Å². The third-order valence-corrected chi connectivity index (χ3v) is 1.10. The maximum atomic E-state index is 8.42. The summed E-state index contributed by atoms with van der Waals surface area (Å²) in [5, 5.41) is 8.42. The van der Waals surface area contributed by atoms with Gasteiger partial charge in [0.05, 0.1) is 0 Å². The molecule has 0 amide bonds. The fraction of sp³-hybridized carbons (Fsp3) is 0.333. The molecule has 0 aliphatic heterocycles. The lowest BCUT2D eigenvalue weighted by Crippen LogP contribution is -1.98. The van der Waals surface area contributed by atoms with Crippen molar-refractivity contribution < 1.29 is 4.42 Å². The van der Waals surface area contributed by atoms with Crippen molar-refractivity contribution in [2.75, 3.05) is 0 Å². The predicted octanol–water partition coefficient (Wildman–Crippen LogP) is 0.313. The van der Waals surface area contributed by atoms with Crippen LogP contribution in [0.4, 0.5) is 0 Å². The average molecular weight is 137 g/mol. The highest BCUT2D eigenvalue weighted by Crippen LogP contribution is 2.07. The molecule has 0 bridgehead atoms. The van der Waals surface area contributed by atoms with E-state index < -0.39 is 0 Å². The minimum atomic E-state index is 0.222. The summed E-state index contributed by atoms with van der Waals surface area (Å²) in [6.45, 7) is 1.93. The third kappa shape index (κ3) is 0.993. The molecule has 0 aliphatic carbocycles. The zero-order chi connectivity index (χ0) is 7.56. The zero-order valence-corrected chi connectivity index (χ0v) is 5.59. The molecule has 4 heteroatoms. The van der Waals surface area contributed by atoms with E-state index in [1.165, 1.54) is 0 Å². The lowest BCUT2D eigenvalue weighted by molar-refractivity contribution is 0.508. The molecular weight excluding hydrogens is 130 g/mol. The van der Waals surface area contributed by atoms with Crippen molar-refractivity contribution in [2.24, 2.45) is 5.73 Å². The lowest BCUT2D eigenvalue weighted by atomic mass is 10.4. The van der Waals surface area contributed by atoms with Gasteiger partial charge in [0.25, 0.3) is 0 Å². The van der Waals surface area contributed by atoms with E-state index in [1.54, 1.807) is 6.92 Å². The van der Waals surface area contributed by atoms with Gasteiger partial charge in [-0.25, -0.2) is 4.98 Å². The Morgan fingerprint density at radius 1 is 1.80 bits per heavy atom. The van der Waals surface area contributed by atoms with E-state index in [2.05, 4.69) is 4.98 Å². The predicted molar refractivity (Wildman–Crippen MR) is 33.8 cm³/mol. The van der Waals surface area contributed by atoms with Crippen LogP contribution in [0.2, 0.25) is 0 Å². The maximum Gasteiger partial charge on any atom is 0.228 e. The van der Waals surface area contributed by atoms with Gasteiger partial charge in [0.1, 0.15) is 11.8 Å². The number of aromatic nitrogens is 1. The van der Waals surface area contributed by atoms with Crippen LogP contribution in [-0.2, 0) is 6.54 Å². The number of rotatable bonds is 1. The normalized spacial score (nSPS) is 9.30. The topological polar surface area (TPSA) is 75.8 Å². The van der Waals surface area contributed by atoms with Crippen LogP contribution in [0.25, 0.3) is 0 Å². The molecule has 0 saturated heterocycles. The highest BCUT2D eigenvalue weighted by molar-refractivity contribution is 5.22. The van der Waals surface area contributed by atoms with Crippen molar-refractivity contribution in [2.45, 2.75) is 13.5 Å². The number of hydrogen-bond acceptors (Lipinski definition) is 4. The van der Waals surface area contributed by atoms with Gasteiger partial charge in [-0.1, -0.05) is 0 Å². The first-order valence-electron chi connectivity index (χ1n) is 2.84. The van der Waals surface area contributed by atoms with E-state index in [0.717, 1.165) is 0 Å². The van der Waals surface area contributed by atoms with Crippen LogP contribution >= 0.6 is 0 Å². The first kappa shape index (κ1) is 6.78. The molecule has 0 unspecified atom stereocenters. The molecule has 0 fully saturated rings. The average Bonchev–Trinajstić information content (AvgIpc) is 2.30. The Labute approximate surface area is 58.3 Å². The smallest absolute Gasteiger partial charge is 0.228 e. The van der Waals surface area contributed by atoms with Crippen LogP contribution in [-0.4, -0.2) is 4.98 Å². The van der Waals surface area contributed by atoms with Gasteiger partial charge in [0, 0.05) is 13.5 Å². The molecule has 0 aliphatic rings. The zero-order valence-electron chi connectivity index (χ0n) is 5.59. The standard InChI is InChI=1S/C6H7N3O/c1-4-9-5(2-7)6(3-8)10-4/h2,7H2,1H3. The fourth-order valence-electron chi connectivity index (χ4n) is 0.696. The summed E-state index contributed by atoms with van der Waals surface area (Å²) in [7, 11) is 0.